The molecule has 1 atom stereocenters. The predicted octanol–water partition coefficient (Wildman–Crippen LogP) is 5.59. The summed E-state index contributed by atoms with van der Waals surface area (Å²) in [5.41, 5.74) is 3.65. The van der Waals surface area contributed by atoms with Crippen molar-refractivity contribution in [1.82, 2.24) is 5.32 Å². The first-order chi connectivity index (χ1) is 10.1. The lowest BCUT2D eigenvalue weighted by Crippen LogP contribution is -2.24. The summed E-state index contributed by atoms with van der Waals surface area (Å²) >= 11 is 12.5. The Morgan fingerprint density at radius 2 is 1.90 bits per heavy atom. The topological polar surface area (TPSA) is 12.0 Å². The molecule has 1 nitrogen and oxygen atoms in total. The molecular weight excluding hydrogens is 301 g/mol. The largest absolute Gasteiger partial charge is 0.310 e. The van der Waals surface area contributed by atoms with Crippen molar-refractivity contribution in [2.75, 3.05) is 6.54 Å². The number of aryl methyl sites for hydroxylation is 1. The summed E-state index contributed by atoms with van der Waals surface area (Å²) in [4.78, 5) is 0. The van der Waals surface area contributed by atoms with E-state index in [0.29, 0.717) is 0 Å². The third-order valence-corrected chi connectivity index (χ3v) is 4.08. The molecule has 0 aliphatic heterocycles. The lowest BCUT2D eigenvalue weighted by Gasteiger charge is -2.21. The number of halogens is 2. The summed E-state index contributed by atoms with van der Waals surface area (Å²) < 4.78 is 0. The van der Waals surface area contributed by atoms with Crippen LogP contribution in [0.2, 0.25) is 10.0 Å². The second-order valence-electron chi connectivity index (χ2n) is 5.37. The van der Waals surface area contributed by atoms with Gasteiger partial charge in [0.05, 0.1) is 0 Å². The van der Waals surface area contributed by atoms with E-state index in [9.17, 15) is 0 Å². The molecule has 0 aliphatic carbocycles. The van der Waals surface area contributed by atoms with Gasteiger partial charge in [0.25, 0.3) is 0 Å². The maximum absolute atomic E-state index is 6.37. The smallest absolute Gasteiger partial charge is 0.0454 e. The van der Waals surface area contributed by atoms with E-state index in [-0.39, 0.29) is 6.04 Å². The standard InChI is InChI=1S/C18H21Cl2N/c1-3-9-21-18(11-14-6-4-5-13(2)10-14)16-12-15(19)7-8-17(16)20/h4-8,10,12,18,21H,3,9,11H2,1-2H3. The molecule has 2 aromatic rings. The van der Waals surface area contributed by atoms with Gasteiger partial charge in [-0.25, -0.2) is 0 Å². The third-order valence-electron chi connectivity index (χ3n) is 3.50. The first-order valence-electron chi connectivity index (χ1n) is 7.34. The van der Waals surface area contributed by atoms with Gasteiger partial charge in [-0.3, -0.25) is 0 Å². The zero-order chi connectivity index (χ0) is 15.2. The molecule has 0 spiro atoms. The first kappa shape index (κ1) is 16.4. The van der Waals surface area contributed by atoms with Gasteiger partial charge in [-0.15, -0.1) is 0 Å². The summed E-state index contributed by atoms with van der Waals surface area (Å²) in [6.45, 7) is 5.24. The monoisotopic (exact) mass is 321 g/mol. The van der Waals surface area contributed by atoms with Crippen molar-refractivity contribution >= 4 is 23.2 Å². The highest BCUT2D eigenvalue weighted by molar-refractivity contribution is 6.33. The lowest BCUT2D eigenvalue weighted by atomic mass is 9.97. The number of nitrogens with one attached hydrogen (secondary N) is 1. The summed E-state index contributed by atoms with van der Waals surface area (Å²) in [6, 6.07) is 14.4. The molecule has 1 unspecified atom stereocenters. The Hall–Kier alpha value is -1.02. The van der Waals surface area contributed by atoms with Crippen molar-refractivity contribution in [3.63, 3.8) is 0 Å². The molecule has 0 amide bonds. The number of hydrogen-bond acceptors (Lipinski definition) is 1. The number of benzene rings is 2. The van der Waals surface area contributed by atoms with Gasteiger partial charge in [0.2, 0.25) is 0 Å². The van der Waals surface area contributed by atoms with E-state index < -0.39 is 0 Å². The molecule has 0 saturated heterocycles. The van der Waals surface area contributed by atoms with Gasteiger partial charge in [-0.05, 0) is 55.6 Å². The highest BCUT2D eigenvalue weighted by Gasteiger charge is 2.15. The average molecular weight is 322 g/mol. The van der Waals surface area contributed by atoms with E-state index in [1.54, 1.807) is 0 Å². The third kappa shape index (κ3) is 4.74. The van der Waals surface area contributed by atoms with Crippen molar-refractivity contribution in [2.24, 2.45) is 0 Å². The maximum atomic E-state index is 6.37. The summed E-state index contributed by atoms with van der Waals surface area (Å²) in [5.74, 6) is 0. The van der Waals surface area contributed by atoms with Gasteiger partial charge in [-0.1, -0.05) is 60.0 Å². The SMILES string of the molecule is CCCNC(Cc1cccc(C)c1)c1cc(Cl)ccc1Cl. The van der Waals surface area contributed by atoms with Crippen LogP contribution in [0, 0.1) is 6.92 Å². The van der Waals surface area contributed by atoms with Crippen molar-refractivity contribution in [3.8, 4) is 0 Å². The Balaban J connectivity index is 2.27. The van der Waals surface area contributed by atoms with Crippen LogP contribution in [0.15, 0.2) is 42.5 Å². The molecule has 2 aromatic carbocycles. The average Bonchev–Trinajstić information content (AvgIpc) is 2.46. The lowest BCUT2D eigenvalue weighted by molar-refractivity contribution is 0.529. The van der Waals surface area contributed by atoms with Gasteiger partial charge in [0.15, 0.2) is 0 Å². The quantitative estimate of drug-likeness (QED) is 0.731. The van der Waals surface area contributed by atoms with Crippen LogP contribution in [0.3, 0.4) is 0 Å². The van der Waals surface area contributed by atoms with Crippen LogP contribution in [-0.2, 0) is 6.42 Å². The van der Waals surface area contributed by atoms with Crippen molar-refractivity contribution in [3.05, 3.63) is 69.2 Å². The first-order valence-corrected chi connectivity index (χ1v) is 8.09. The van der Waals surface area contributed by atoms with E-state index >= 15 is 0 Å². The highest BCUT2D eigenvalue weighted by Crippen LogP contribution is 2.28. The Bertz CT molecular complexity index is 596. The van der Waals surface area contributed by atoms with Crippen molar-refractivity contribution in [2.45, 2.75) is 32.7 Å². The summed E-state index contributed by atoms with van der Waals surface area (Å²) in [6.07, 6.45) is 1.99. The zero-order valence-corrected chi connectivity index (χ0v) is 14.0. The van der Waals surface area contributed by atoms with Crippen molar-refractivity contribution in [1.29, 1.82) is 0 Å². The van der Waals surface area contributed by atoms with Crippen LogP contribution in [0.4, 0.5) is 0 Å². The van der Waals surface area contributed by atoms with E-state index in [1.165, 1.54) is 11.1 Å². The fourth-order valence-corrected chi connectivity index (χ4v) is 2.90. The van der Waals surface area contributed by atoms with Crippen molar-refractivity contribution < 1.29 is 0 Å². The Morgan fingerprint density at radius 3 is 2.62 bits per heavy atom. The maximum Gasteiger partial charge on any atom is 0.0454 e. The molecule has 0 fully saturated rings. The summed E-state index contributed by atoms with van der Waals surface area (Å²) in [7, 11) is 0. The fraction of sp³-hybridized carbons (Fsp3) is 0.333. The molecule has 0 heterocycles. The van der Waals surface area contributed by atoms with E-state index in [1.807, 2.05) is 18.2 Å². The molecule has 0 aliphatic rings. The fourth-order valence-electron chi connectivity index (χ4n) is 2.47. The van der Waals surface area contributed by atoms with E-state index in [4.69, 9.17) is 23.2 Å². The molecule has 0 bridgehead atoms. The number of rotatable bonds is 6. The molecule has 1 N–H and O–H groups in total. The van der Waals surface area contributed by atoms with Gasteiger partial charge < -0.3 is 5.32 Å². The van der Waals surface area contributed by atoms with Crippen LogP contribution >= 0.6 is 23.2 Å². The zero-order valence-electron chi connectivity index (χ0n) is 12.5. The second kappa shape index (κ2) is 7.84. The van der Waals surface area contributed by atoms with Crippen LogP contribution in [0.1, 0.15) is 36.1 Å². The van der Waals surface area contributed by atoms with Crippen LogP contribution in [0.5, 0.6) is 0 Å². The van der Waals surface area contributed by atoms with Gasteiger partial charge in [0, 0.05) is 16.1 Å². The van der Waals surface area contributed by atoms with E-state index in [0.717, 1.165) is 35.0 Å². The van der Waals surface area contributed by atoms with Crippen LogP contribution in [-0.4, -0.2) is 6.54 Å². The highest BCUT2D eigenvalue weighted by atomic mass is 35.5. The van der Waals surface area contributed by atoms with Crippen LogP contribution in [0.25, 0.3) is 0 Å². The molecule has 21 heavy (non-hydrogen) atoms. The second-order valence-corrected chi connectivity index (χ2v) is 6.21. The molecular formula is C18H21Cl2N. The minimum absolute atomic E-state index is 0.179. The Morgan fingerprint density at radius 1 is 1.10 bits per heavy atom. The summed E-state index contributed by atoms with van der Waals surface area (Å²) in [5, 5.41) is 5.07. The minimum Gasteiger partial charge on any atom is -0.310 e. The van der Waals surface area contributed by atoms with Gasteiger partial charge >= 0.3 is 0 Å². The molecule has 0 aromatic heterocycles. The minimum atomic E-state index is 0.179. The molecule has 112 valence electrons. The molecule has 0 saturated carbocycles. The Kier molecular flexibility index (Phi) is 6.10. The van der Waals surface area contributed by atoms with Crippen LogP contribution < -0.4 is 5.32 Å². The molecule has 0 radical (unpaired) electrons. The van der Waals surface area contributed by atoms with Gasteiger partial charge in [-0.2, -0.15) is 0 Å². The van der Waals surface area contributed by atoms with Gasteiger partial charge in [0.1, 0.15) is 0 Å². The Labute approximate surface area is 137 Å². The molecule has 3 heteroatoms. The predicted molar refractivity (Wildman–Crippen MR) is 92.4 cm³/mol. The normalized spacial score (nSPS) is 12.4. The van der Waals surface area contributed by atoms with E-state index in [2.05, 4.69) is 43.4 Å². The number of hydrogen-bond donors (Lipinski definition) is 1. The molecule has 2 rings (SSSR count).